The van der Waals surface area contributed by atoms with Crippen LogP contribution in [0.15, 0.2) is 52.5 Å². The summed E-state index contributed by atoms with van der Waals surface area (Å²) in [5, 5.41) is 5.92. The second kappa shape index (κ2) is 14.2. The van der Waals surface area contributed by atoms with Crippen LogP contribution in [0.1, 0.15) is 17.5 Å². The van der Waals surface area contributed by atoms with Gasteiger partial charge < -0.3 is 14.8 Å². The summed E-state index contributed by atoms with van der Waals surface area (Å²) in [6, 6.07) is 11.4. The Bertz CT molecular complexity index is 1160. The fraction of sp³-hybridized carbons (Fsp3) is 0.364. The number of thioether (sulfide) groups is 1. The zero-order valence-electron chi connectivity index (χ0n) is 19.3. The normalized spacial score (nSPS) is 10.8. The SMILES string of the molecule is COC(=O)CCSCc1cccc(OCCOS(=O)(=O)c2ccc(C)cc2)c1NC(=O)CN=[N+]=[N-]. The van der Waals surface area contributed by atoms with E-state index in [1.807, 2.05) is 6.92 Å². The van der Waals surface area contributed by atoms with E-state index in [-0.39, 0.29) is 30.5 Å². The molecule has 0 spiro atoms. The number of rotatable bonds is 14. The van der Waals surface area contributed by atoms with Crippen LogP contribution in [0.2, 0.25) is 0 Å². The van der Waals surface area contributed by atoms with Gasteiger partial charge in [0.2, 0.25) is 5.91 Å². The Morgan fingerprint density at radius 1 is 1.14 bits per heavy atom. The highest BCUT2D eigenvalue weighted by Gasteiger charge is 2.16. The number of benzene rings is 2. The maximum Gasteiger partial charge on any atom is 0.306 e. The summed E-state index contributed by atoms with van der Waals surface area (Å²) in [4.78, 5) is 26.1. The van der Waals surface area contributed by atoms with Crippen LogP contribution in [0.25, 0.3) is 10.4 Å². The predicted octanol–water partition coefficient (Wildman–Crippen LogP) is 3.82. The second-order valence-electron chi connectivity index (χ2n) is 7.04. The number of methoxy groups -OCH3 is 1. The van der Waals surface area contributed by atoms with Crippen molar-refractivity contribution < 1.29 is 31.7 Å². The minimum atomic E-state index is -3.94. The van der Waals surface area contributed by atoms with E-state index in [4.69, 9.17) is 14.5 Å². The summed E-state index contributed by atoms with van der Waals surface area (Å²) in [6.07, 6.45) is 0.239. The van der Waals surface area contributed by atoms with Gasteiger partial charge in [-0.2, -0.15) is 20.2 Å². The van der Waals surface area contributed by atoms with Gasteiger partial charge in [-0.25, -0.2) is 0 Å². The molecule has 0 fully saturated rings. The van der Waals surface area contributed by atoms with Crippen molar-refractivity contribution in [2.24, 2.45) is 5.11 Å². The van der Waals surface area contributed by atoms with Gasteiger partial charge in [0.15, 0.2) is 0 Å². The molecule has 0 aliphatic carbocycles. The zero-order valence-corrected chi connectivity index (χ0v) is 20.9. The van der Waals surface area contributed by atoms with E-state index < -0.39 is 22.6 Å². The standard InChI is InChI=1S/C22H26N4O7S2/c1-16-6-8-18(9-7-16)35(29,30)33-12-11-32-19-5-3-4-17(15-34-13-10-21(28)31-2)22(19)25-20(27)14-24-26-23/h3-9H,10-15H2,1-2H3,(H,25,27). The first-order chi connectivity index (χ1) is 16.8. The van der Waals surface area contributed by atoms with Gasteiger partial charge in [-0.3, -0.25) is 13.8 Å². The fourth-order valence-corrected chi connectivity index (χ4v) is 4.55. The number of carbonyl (C=O) groups excluding carboxylic acids is 2. The van der Waals surface area contributed by atoms with E-state index in [1.165, 1.54) is 31.0 Å². The Hall–Kier alpha value is -3.25. The van der Waals surface area contributed by atoms with E-state index in [9.17, 15) is 18.0 Å². The molecule has 0 aliphatic heterocycles. The molecule has 0 atom stereocenters. The highest BCUT2D eigenvalue weighted by molar-refractivity contribution is 7.98. The summed E-state index contributed by atoms with van der Waals surface area (Å²) in [5.74, 6) is 0.385. The number of anilines is 1. The number of amides is 1. The van der Waals surface area contributed by atoms with Gasteiger partial charge in [-0.1, -0.05) is 34.9 Å². The Kier molecular flexibility index (Phi) is 11.4. The van der Waals surface area contributed by atoms with Gasteiger partial charge in [0, 0.05) is 16.4 Å². The predicted molar refractivity (Wildman–Crippen MR) is 132 cm³/mol. The van der Waals surface area contributed by atoms with Crippen LogP contribution in [0.5, 0.6) is 5.75 Å². The molecule has 0 heterocycles. The molecule has 0 saturated heterocycles. The Morgan fingerprint density at radius 3 is 2.57 bits per heavy atom. The first-order valence-corrected chi connectivity index (χ1v) is 13.0. The third-order valence-corrected chi connectivity index (χ3v) is 6.81. The molecule has 0 unspecified atom stereocenters. The number of azide groups is 1. The minimum absolute atomic E-state index is 0.0417. The van der Waals surface area contributed by atoms with Crippen molar-refractivity contribution in [1.29, 1.82) is 0 Å². The third kappa shape index (κ3) is 9.49. The lowest BCUT2D eigenvalue weighted by atomic mass is 10.2. The maximum atomic E-state index is 12.3. The van der Waals surface area contributed by atoms with Crippen LogP contribution in [0, 0.1) is 6.92 Å². The average molecular weight is 523 g/mol. The van der Waals surface area contributed by atoms with E-state index in [0.29, 0.717) is 28.5 Å². The van der Waals surface area contributed by atoms with Crippen LogP contribution < -0.4 is 10.1 Å². The Morgan fingerprint density at radius 2 is 1.89 bits per heavy atom. The van der Waals surface area contributed by atoms with Crippen LogP contribution in [-0.2, 0) is 34.4 Å². The molecular formula is C22H26N4O7S2. The first kappa shape index (κ1) is 28.0. The van der Waals surface area contributed by atoms with Crippen LogP contribution in [0.4, 0.5) is 5.69 Å². The van der Waals surface area contributed by atoms with Crippen molar-refractivity contribution in [3.05, 3.63) is 64.0 Å². The van der Waals surface area contributed by atoms with Crippen LogP contribution in [-0.4, -0.2) is 52.9 Å². The van der Waals surface area contributed by atoms with Gasteiger partial charge in [-0.15, -0.1) is 0 Å². The van der Waals surface area contributed by atoms with Crippen molar-refractivity contribution in [2.45, 2.75) is 24.0 Å². The van der Waals surface area contributed by atoms with Crippen molar-refractivity contribution in [3.8, 4) is 5.75 Å². The van der Waals surface area contributed by atoms with Crippen molar-refractivity contribution in [2.75, 3.05) is 37.9 Å². The summed E-state index contributed by atoms with van der Waals surface area (Å²) in [7, 11) is -2.62. The molecule has 13 heteroatoms. The Balaban J connectivity index is 2.06. The van der Waals surface area contributed by atoms with E-state index in [2.05, 4.69) is 20.1 Å². The molecule has 188 valence electrons. The van der Waals surface area contributed by atoms with E-state index in [0.717, 1.165) is 5.56 Å². The lowest BCUT2D eigenvalue weighted by Gasteiger charge is -2.16. The zero-order chi connectivity index (χ0) is 25.7. The molecule has 0 saturated carbocycles. The highest BCUT2D eigenvalue weighted by Crippen LogP contribution is 2.31. The molecule has 0 aliphatic rings. The summed E-state index contributed by atoms with van der Waals surface area (Å²) in [6.45, 7) is 1.08. The number of para-hydroxylation sites is 1. The molecule has 2 aromatic rings. The Labute approximate surface area is 207 Å². The number of ether oxygens (including phenoxy) is 2. The molecule has 2 aromatic carbocycles. The maximum absolute atomic E-state index is 12.3. The highest BCUT2D eigenvalue weighted by atomic mass is 32.2. The number of nitrogens with one attached hydrogen (secondary N) is 1. The topological polar surface area (TPSA) is 157 Å². The molecule has 1 amide bonds. The smallest absolute Gasteiger partial charge is 0.306 e. The van der Waals surface area contributed by atoms with Gasteiger partial charge in [0.25, 0.3) is 10.1 Å². The first-order valence-electron chi connectivity index (χ1n) is 10.4. The van der Waals surface area contributed by atoms with Crippen molar-refractivity contribution >= 4 is 39.4 Å². The second-order valence-corrected chi connectivity index (χ2v) is 9.76. The van der Waals surface area contributed by atoms with Crippen molar-refractivity contribution in [3.63, 3.8) is 0 Å². The lowest BCUT2D eigenvalue weighted by Crippen LogP contribution is -2.18. The summed E-state index contributed by atoms with van der Waals surface area (Å²) >= 11 is 1.45. The van der Waals surface area contributed by atoms with Gasteiger partial charge >= 0.3 is 5.97 Å². The van der Waals surface area contributed by atoms with E-state index in [1.54, 1.807) is 30.3 Å². The molecule has 35 heavy (non-hydrogen) atoms. The number of nitrogens with zero attached hydrogens (tertiary/aromatic N) is 3. The largest absolute Gasteiger partial charge is 0.489 e. The minimum Gasteiger partial charge on any atom is -0.489 e. The van der Waals surface area contributed by atoms with Gasteiger partial charge in [0.1, 0.15) is 25.5 Å². The molecule has 0 aromatic heterocycles. The third-order valence-electron chi connectivity index (χ3n) is 4.48. The summed E-state index contributed by atoms with van der Waals surface area (Å²) in [5.41, 5.74) is 10.4. The number of esters is 1. The summed E-state index contributed by atoms with van der Waals surface area (Å²) < 4.78 is 40.0. The monoisotopic (exact) mass is 522 g/mol. The molecule has 2 rings (SSSR count). The van der Waals surface area contributed by atoms with Crippen LogP contribution in [0.3, 0.4) is 0 Å². The molecule has 0 radical (unpaired) electrons. The molecule has 1 N–H and O–H groups in total. The number of aryl methyl sites for hydroxylation is 1. The van der Waals surface area contributed by atoms with Gasteiger partial charge in [-0.05, 0) is 36.2 Å². The van der Waals surface area contributed by atoms with Crippen LogP contribution >= 0.6 is 11.8 Å². The molecular weight excluding hydrogens is 496 g/mol. The van der Waals surface area contributed by atoms with E-state index >= 15 is 0 Å². The molecule has 0 bridgehead atoms. The fourth-order valence-electron chi connectivity index (χ4n) is 2.74. The molecule has 11 nitrogen and oxygen atoms in total. The average Bonchev–Trinajstić information content (AvgIpc) is 2.84. The van der Waals surface area contributed by atoms with Gasteiger partial charge in [0.05, 0.1) is 24.1 Å². The lowest BCUT2D eigenvalue weighted by molar-refractivity contribution is -0.140. The van der Waals surface area contributed by atoms with Crippen molar-refractivity contribution in [1.82, 2.24) is 0 Å². The number of hydrogen-bond donors (Lipinski definition) is 1. The quantitative estimate of drug-likeness (QED) is 0.0979. The number of carbonyl (C=O) groups is 2. The number of hydrogen-bond acceptors (Lipinski definition) is 9.